The summed E-state index contributed by atoms with van der Waals surface area (Å²) < 4.78 is -0.214. The lowest BCUT2D eigenvalue weighted by Gasteiger charge is -2.00. The number of halogens is 3. The van der Waals surface area contributed by atoms with E-state index in [0.29, 0.717) is 16.5 Å². The third-order valence-electron chi connectivity index (χ3n) is 1.40. The maximum absolute atomic E-state index is 10.9. The molecular weight excluding hydrogens is 263 g/mol. The average Bonchev–Trinajstić information content (AvgIpc) is 2.03. The zero-order chi connectivity index (χ0) is 9.14. The van der Waals surface area contributed by atoms with Crippen molar-refractivity contribution in [3.05, 3.63) is 34.3 Å². The lowest BCUT2D eigenvalue weighted by atomic mass is 10.2. The van der Waals surface area contributed by atoms with Crippen LogP contribution < -0.4 is 0 Å². The van der Waals surface area contributed by atoms with E-state index in [1.54, 1.807) is 18.2 Å². The topological polar surface area (TPSA) is 17.1 Å². The Morgan fingerprint density at radius 1 is 1.50 bits per heavy atom. The molecule has 0 bridgehead atoms. The summed E-state index contributed by atoms with van der Waals surface area (Å²) in [7, 11) is 0. The molecule has 0 aliphatic carbocycles. The van der Waals surface area contributed by atoms with E-state index in [1.165, 1.54) is 0 Å². The van der Waals surface area contributed by atoms with E-state index < -0.39 is 0 Å². The maximum atomic E-state index is 10.9. The van der Waals surface area contributed by atoms with Gasteiger partial charge >= 0.3 is 0 Å². The third kappa shape index (κ3) is 2.22. The molecule has 0 radical (unpaired) electrons. The van der Waals surface area contributed by atoms with Crippen LogP contribution in [0.3, 0.4) is 0 Å². The highest BCUT2D eigenvalue weighted by molar-refractivity contribution is 9.18. The fraction of sp³-hybridized carbons (Fsp3) is 0.125. The van der Waals surface area contributed by atoms with Gasteiger partial charge in [-0.3, -0.25) is 4.79 Å². The second-order valence-electron chi connectivity index (χ2n) is 2.22. The molecule has 0 saturated carbocycles. The molecule has 64 valence electrons. The van der Waals surface area contributed by atoms with E-state index in [-0.39, 0.29) is 4.69 Å². The first-order valence-corrected chi connectivity index (χ1v) is 4.90. The Labute approximate surface area is 88.8 Å². The van der Waals surface area contributed by atoms with Gasteiger partial charge in [-0.15, -0.1) is 11.6 Å². The van der Waals surface area contributed by atoms with Gasteiger partial charge in [0.1, 0.15) is 0 Å². The minimum Gasteiger partial charge on any atom is -0.281 e. The van der Waals surface area contributed by atoms with Crippen LogP contribution in [0.2, 0.25) is 5.02 Å². The van der Waals surface area contributed by atoms with Crippen molar-refractivity contribution in [2.75, 3.05) is 0 Å². The van der Waals surface area contributed by atoms with E-state index >= 15 is 0 Å². The van der Waals surface area contributed by atoms with E-state index in [0.717, 1.165) is 5.56 Å². The summed E-state index contributed by atoms with van der Waals surface area (Å²) >= 11 is 14.2. The summed E-state index contributed by atoms with van der Waals surface area (Å²) in [5, 5.41) is 0.426. The first-order chi connectivity index (χ1) is 5.65. The highest BCUT2D eigenvalue weighted by Gasteiger charge is 2.06. The quantitative estimate of drug-likeness (QED) is 0.591. The first-order valence-electron chi connectivity index (χ1n) is 3.19. The van der Waals surface area contributed by atoms with Crippen molar-refractivity contribution in [2.24, 2.45) is 0 Å². The summed E-state index contributed by atoms with van der Waals surface area (Å²) in [5.41, 5.74) is 1.37. The van der Waals surface area contributed by atoms with Crippen molar-refractivity contribution in [3.8, 4) is 0 Å². The van der Waals surface area contributed by atoms with Crippen LogP contribution in [0.4, 0.5) is 0 Å². The Bertz CT molecular complexity index is 312. The second-order valence-corrected chi connectivity index (χ2v) is 3.62. The van der Waals surface area contributed by atoms with Crippen LogP contribution in [0.25, 0.3) is 0 Å². The lowest BCUT2D eigenvalue weighted by molar-refractivity contribution is 0.109. The zero-order valence-corrected chi connectivity index (χ0v) is 9.08. The number of hydrogen-bond acceptors (Lipinski definition) is 1. The molecule has 0 spiro atoms. The molecule has 0 amide bonds. The second kappa shape index (κ2) is 4.26. The summed E-state index contributed by atoms with van der Waals surface area (Å²) in [6, 6.07) is 5.10. The van der Waals surface area contributed by atoms with Crippen LogP contribution in [0.5, 0.6) is 0 Å². The SMILES string of the molecule is O=C(Br)c1ccc(CCl)cc1Cl. The van der Waals surface area contributed by atoms with Crippen LogP contribution in [0.1, 0.15) is 15.9 Å². The fourth-order valence-corrected chi connectivity index (χ4v) is 1.72. The van der Waals surface area contributed by atoms with Gasteiger partial charge in [0, 0.05) is 11.4 Å². The summed E-state index contributed by atoms with van der Waals surface area (Å²) in [6.45, 7) is 0. The van der Waals surface area contributed by atoms with Crippen molar-refractivity contribution in [1.29, 1.82) is 0 Å². The minimum atomic E-state index is -0.214. The van der Waals surface area contributed by atoms with Gasteiger partial charge in [0.2, 0.25) is 4.69 Å². The zero-order valence-electron chi connectivity index (χ0n) is 5.98. The van der Waals surface area contributed by atoms with Gasteiger partial charge in [-0.1, -0.05) is 17.7 Å². The Kier molecular flexibility index (Phi) is 3.56. The van der Waals surface area contributed by atoms with Gasteiger partial charge < -0.3 is 0 Å². The van der Waals surface area contributed by atoms with Crippen molar-refractivity contribution in [1.82, 2.24) is 0 Å². The van der Waals surface area contributed by atoms with Gasteiger partial charge in [-0.25, -0.2) is 0 Å². The van der Waals surface area contributed by atoms with Gasteiger partial charge in [-0.2, -0.15) is 0 Å². The Morgan fingerprint density at radius 3 is 2.58 bits per heavy atom. The normalized spacial score (nSPS) is 9.92. The molecule has 0 fully saturated rings. The van der Waals surface area contributed by atoms with Crippen LogP contribution in [-0.2, 0) is 5.88 Å². The number of alkyl halides is 1. The molecule has 0 aliphatic rings. The first kappa shape index (κ1) is 10.0. The number of hydrogen-bond donors (Lipinski definition) is 0. The molecule has 1 aromatic rings. The van der Waals surface area contributed by atoms with Crippen molar-refractivity contribution < 1.29 is 4.79 Å². The summed E-state index contributed by atoms with van der Waals surface area (Å²) in [4.78, 5) is 10.9. The molecule has 0 atom stereocenters. The standard InChI is InChI=1S/C8H5BrCl2O/c9-8(12)6-2-1-5(4-10)3-7(6)11/h1-3H,4H2. The minimum absolute atomic E-state index is 0.214. The molecule has 0 aromatic heterocycles. The van der Waals surface area contributed by atoms with Crippen molar-refractivity contribution in [3.63, 3.8) is 0 Å². The van der Waals surface area contributed by atoms with Crippen LogP contribution in [0.15, 0.2) is 18.2 Å². The van der Waals surface area contributed by atoms with Crippen LogP contribution >= 0.6 is 39.1 Å². The molecular formula is C8H5BrCl2O. The predicted octanol–water partition coefficient (Wildman–Crippen LogP) is 3.61. The highest BCUT2D eigenvalue weighted by Crippen LogP contribution is 2.20. The van der Waals surface area contributed by atoms with E-state index in [1.807, 2.05) is 0 Å². The molecule has 0 saturated heterocycles. The summed E-state index contributed by atoms with van der Waals surface area (Å²) in [5.74, 6) is 0.399. The van der Waals surface area contributed by atoms with Crippen LogP contribution in [-0.4, -0.2) is 4.69 Å². The number of carbonyl (C=O) groups is 1. The van der Waals surface area contributed by atoms with Gasteiger partial charge in [0.15, 0.2) is 0 Å². The predicted molar refractivity (Wildman–Crippen MR) is 54.3 cm³/mol. The molecule has 1 aromatic carbocycles. The third-order valence-corrected chi connectivity index (χ3v) is 2.45. The van der Waals surface area contributed by atoms with Crippen molar-refractivity contribution in [2.45, 2.75) is 5.88 Å². The fourth-order valence-electron chi connectivity index (χ4n) is 0.801. The Hall–Kier alpha value is -0.0500. The molecule has 1 nitrogen and oxygen atoms in total. The van der Waals surface area contributed by atoms with Gasteiger partial charge in [-0.05, 0) is 33.6 Å². The van der Waals surface area contributed by atoms with Crippen LogP contribution in [0, 0.1) is 0 Å². The molecule has 0 heterocycles. The average molecular weight is 268 g/mol. The summed E-state index contributed by atoms with van der Waals surface area (Å²) in [6.07, 6.45) is 0. The molecule has 12 heavy (non-hydrogen) atoms. The lowest BCUT2D eigenvalue weighted by Crippen LogP contribution is -1.90. The number of carbonyl (C=O) groups excluding carboxylic acids is 1. The molecule has 1 rings (SSSR count). The van der Waals surface area contributed by atoms with E-state index in [4.69, 9.17) is 23.2 Å². The number of benzene rings is 1. The van der Waals surface area contributed by atoms with E-state index in [2.05, 4.69) is 15.9 Å². The Balaban J connectivity index is 3.12. The molecule has 0 N–H and O–H groups in total. The maximum Gasteiger partial charge on any atom is 0.229 e. The monoisotopic (exact) mass is 266 g/mol. The smallest absolute Gasteiger partial charge is 0.229 e. The van der Waals surface area contributed by atoms with Gasteiger partial charge in [0.25, 0.3) is 0 Å². The van der Waals surface area contributed by atoms with Gasteiger partial charge in [0.05, 0.1) is 5.02 Å². The molecule has 0 unspecified atom stereocenters. The molecule has 0 aliphatic heterocycles. The molecule has 4 heteroatoms. The largest absolute Gasteiger partial charge is 0.281 e. The van der Waals surface area contributed by atoms with E-state index in [9.17, 15) is 4.79 Å². The highest BCUT2D eigenvalue weighted by atomic mass is 79.9. The Morgan fingerprint density at radius 2 is 2.17 bits per heavy atom. The number of rotatable bonds is 2. The van der Waals surface area contributed by atoms with Crippen molar-refractivity contribution >= 4 is 43.8 Å².